The van der Waals surface area contributed by atoms with Crippen LogP contribution in [0.15, 0.2) is 35.0 Å². The van der Waals surface area contributed by atoms with Crippen molar-refractivity contribution in [1.82, 2.24) is 0 Å². The molecule has 4 heteroatoms. The number of rotatable bonds is 4. The van der Waals surface area contributed by atoms with E-state index < -0.39 is 0 Å². The van der Waals surface area contributed by atoms with Gasteiger partial charge in [-0.25, -0.2) is 0 Å². The summed E-state index contributed by atoms with van der Waals surface area (Å²) in [5.74, 6) is 0. The largest absolute Gasteiger partial charge is 0.398 e. The summed E-state index contributed by atoms with van der Waals surface area (Å²) in [7, 11) is 0. The SMILES string of the molecule is CC(C)=CCO/N=C(\C)c1cc(Cl)ccc1N. The van der Waals surface area contributed by atoms with Crippen LogP contribution in [0.1, 0.15) is 26.3 Å². The Hall–Kier alpha value is -1.48. The molecule has 0 saturated carbocycles. The quantitative estimate of drug-likeness (QED) is 0.292. The van der Waals surface area contributed by atoms with Crippen molar-refractivity contribution in [3.8, 4) is 0 Å². The van der Waals surface area contributed by atoms with Gasteiger partial charge in [0.2, 0.25) is 0 Å². The van der Waals surface area contributed by atoms with Crippen LogP contribution in [0.25, 0.3) is 0 Å². The zero-order valence-electron chi connectivity index (χ0n) is 10.3. The van der Waals surface area contributed by atoms with E-state index in [4.69, 9.17) is 22.2 Å². The van der Waals surface area contributed by atoms with Crippen molar-refractivity contribution in [2.75, 3.05) is 12.3 Å². The lowest BCUT2D eigenvalue weighted by Gasteiger charge is -2.05. The lowest BCUT2D eigenvalue weighted by atomic mass is 10.1. The van der Waals surface area contributed by atoms with Gasteiger partial charge in [-0.1, -0.05) is 22.3 Å². The molecular formula is C13H17ClN2O. The van der Waals surface area contributed by atoms with Gasteiger partial charge in [0.05, 0.1) is 5.71 Å². The summed E-state index contributed by atoms with van der Waals surface area (Å²) in [6.45, 7) is 6.31. The maximum atomic E-state index is 5.90. The van der Waals surface area contributed by atoms with Crippen LogP contribution >= 0.6 is 11.6 Å². The molecule has 0 fully saturated rings. The smallest absolute Gasteiger partial charge is 0.135 e. The van der Waals surface area contributed by atoms with Crippen molar-refractivity contribution < 1.29 is 4.84 Å². The summed E-state index contributed by atoms with van der Waals surface area (Å²) in [5.41, 5.74) is 9.19. The van der Waals surface area contributed by atoms with Crippen molar-refractivity contribution in [2.45, 2.75) is 20.8 Å². The maximum absolute atomic E-state index is 5.90. The van der Waals surface area contributed by atoms with Gasteiger partial charge in [-0.05, 0) is 45.0 Å². The number of nitrogen functional groups attached to an aromatic ring is 1. The third-order valence-corrected chi connectivity index (χ3v) is 2.41. The Kier molecular flexibility index (Phi) is 5.04. The Morgan fingerprint density at radius 3 is 2.76 bits per heavy atom. The fraction of sp³-hybridized carbons (Fsp3) is 0.308. The highest BCUT2D eigenvalue weighted by atomic mass is 35.5. The van der Waals surface area contributed by atoms with Crippen molar-refractivity contribution in [2.24, 2.45) is 5.16 Å². The molecule has 0 atom stereocenters. The van der Waals surface area contributed by atoms with E-state index in [9.17, 15) is 0 Å². The van der Waals surface area contributed by atoms with E-state index in [2.05, 4.69) is 5.16 Å². The molecule has 0 unspecified atom stereocenters. The molecule has 0 radical (unpaired) electrons. The highest BCUT2D eigenvalue weighted by molar-refractivity contribution is 6.31. The molecule has 1 rings (SSSR count). The topological polar surface area (TPSA) is 47.6 Å². The lowest BCUT2D eigenvalue weighted by molar-refractivity contribution is 0.174. The van der Waals surface area contributed by atoms with Gasteiger partial charge in [0, 0.05) is 16.3 Å². The molecule has 2 N–H and O–H groups in total. The molecule has 0 aliphatic heterocycles. The fourth-order valence-corrected chi connectivity index (χ4v) is 1.40. The van der Waals surface area contributed by atoms with Crippen LogP contribution in [-0.2, 0) is 4.84 Å². The fourth-order valence-electron chi connectivity index (χ4n) is 1.23. The number of hydrogen-bond acceptors (Lipinski definition) is 3. The van der Waals surface area contributed by atoms with Crippen LogP contribution in [-0.4, -0.2) is 12.3 Å². The molecule has 0 saturated heterocycles. The van der Waals surface area contributed by atoms with Gasteiger partial charge in [0.25, 0.3) is 0 Å². The summed E-state index contributed by atoms with van der Waals surface area (Å²) in [4.78, 5) is 5.17. The minimum Gasteiger partial charge on any atom is -0.398 e. The average molecular weight is 253 g/mol. The van der Waals surface area contributed by atoms with E-state index in [1.54, 1.807) is 18.2 Å². The predicted octanol–water partition coefficient (Wildman–Crippen LogP) is 3.63. The zero-order chi connectivity index (χ0) is 12.8. The minimum absolute atomic E-state index is 0.458. The summed E-state index contributed by atoms with van der Waals surface area (Å²) in [6.07, 6.45) is 1.96. The van der Waals surface area contributed by atoms with Gasteiger partial charge >= 0.3 is 0 Å². The first-order valence-electron chi connectivity index (χ1n) is 5.36. The lowest BCUT2D eigenvalue weighted by Crippen LogP contribution is -2.02. The van der Waals surface area contributed by atoms with Gasteiger partial charge in [0.15, 0.2) is 0 Å². The molecule has 0 heterocycles. The first-order valence-corrected chi connectivity index (χ1v) is 5.74. The van der Waals surface area contributed by atoms with Crippen LogP contribution in [0.3, 0.4) is 0 Å². The number of benzene rings is 1. The molecule has 1 aromatic rings. The molecule has 92 valence electrons. The molecule has 3 nitrogen and oxygen atoms in total. The van der Waals surface area contributed by atoms with E-state index in [-0.39, 0.29) is 0 Å². The number of oxime groups is 1. The van der Waals surface area contributed by atoms with E-state index in [0.717, 1.165) is 5.56 Å². The first kappa shape index (κ1) is 13.6. The summed E-state index contributed by atoms with van der Waals surface area (Å²) < 4.78 is 0. The van der Waals surface area contributed by atoms with Crippen LogP contribution in [0.5, 0.6) is 0 Å². The average Bonchev–Trinajstić information content (AvgIpc) is 2.27. The van der Waals surface area contributed by atoms with E-state index >= 15 is 0 Å². The minimum atomic E-state index is 0.458. The highest BCUT2D eigenvalue weighted by Gasteiger charge is 2.04. The second kappa shape index (κ2) is 6.30. The molecule has 17 heavy (non-hydrogen) atoms. The number of nitrogens with zero attached hydrogens (tertiary/aromatic N) is 1. The standard InChI is InChI=1S/C13H17ClN2O/c1-9(2)6-7-17-16-10(3)12-8-11(14)4-5-13(12)15/h4-6,8H,7,15H2,1-3H3/b16-10+. The van der Waals surface area contributed by atoms with Crippen molar-refractivity contribution >= 4 is 23.0 Å². The number of nitrogens with two attached hydrogens (primary N) is 1. The van der Waals surface area contributed by atoms with Gasteiger partial charge in [-0.2, -0.15) is 0 Å². The second-order valence-corrected chi connectivity index (χ2v) is 4.42. The van der Waals surface area contributed by atoms with Gasteiger partial charge in [-0.3, -0.25) is 0 Å². The third kappa shape index (κ3) is 4.49. The first-order chi connectivity index (χ1) is 8.00. The third-order valence-electron chi connectivity index (χ3n) is 2.17. The van der Waals surface area contributed by atoms with Crippen LogP contribution in [0.4, 0.5) is 5.69 Å². The molecule has 0 spiro atoms. The monoisotopic (exact) mass is 252 g/mol. The maximum Gasteiger partial charge on any atom is 0.135 e. The predicted molar refractivity (Wildman–Crippen MR) is 73.5 cm³/mol. The Balaban J connectivity index is 2.74. The van der Waals surface area contributed by atoms with Gasteiger partial charge in [0.1, 0.15) is 6.61 Å². The van der Waals surface area contributed by atoms with Crippen LogP contribution in [0.2, 0.25) is 5.02 Å². The van der Waals surface area contributed by atoms with E-state index in [1.807, 2.05) is 26.8 Å². The molecule has 0 aromatic heterocycles. The van der Waals surface area contributed by atoms with Crippen LogP contribution < -0.4 is 5.73 Å². The number of anilines is 1. The van der Waals surface area contributed by atoms with E-state index in [0.29, 0.717) is 23.0 Å². The van der Waals surface area contributed by atoms with Gasteiger partial charge in [-0.15, -0.1) is 0 Å². The normalized spacial score (nSPS) is 11.2. The molecular weight excluding hydrogens is 236 g/mol. The van der Waals surface area contributed by atoms with Crippen LogP contribution in [0, 0.1) is 0 Å². The Morgan fingerprint density at radius 1 is 1.41 bits per heavy atom. The van der Waals surface area contributed by atoms with Gasteiger partial charge < -0.3 is 10.6 Å². The molecule has 0 aliphatic rings. The van der Waals surface area contributed by atoms with Crippen molar-refractivity contribution in [1.29, 1.82) is 0 Å². The number of allylic oxidation sites excluding steroid dienone is 1. The van der Waals surface area contributed by atoms with Crippen molar-refractivity contribution in [3.63, 3.8) is 0 Å². The zero-order valence-corrected chi connectivity index (χ0v) is 11.1. The molecule has 0 aliphatic carbocycles. The molecule has 0 bridgehead atoms. The Bertz CT molecular complexity index is 449. The number of hydrogen-bond donors (Lipinski definition) is 1. The second-order valence-electron chi connectivity index (χ2n) is 3.99. The number of halogens is 1. The molecule has 0 amide bonds. The summed E-state index contributed by atoms with van der Waals surface area (Å²) in [5, 5.41) is 4.63. The molecule has 1 aromatic carbocycles. The van der Waals surface area contributed by atoms with E-state index in [1.165, 1.54) is 5.57 Å². The Morgan fingerprint density at radius 2 is 2.12 bits per heavy atom. The Labute approximate surface area is 107 Å². The van der Waals surface area contributed by atoms with Crippen molar-refractivity contribution in [3.05, 3.63) is 40.4 Å². The summed E-state index contributed by atoms with van der Waals surface area (Å²) >= 11 is 5.90. The highest BCUT2D eigenvalue weighted by Crippen LogP contribution is 2.18. The summed E-state index contributed by atoms with van der Waals surface area (Å²) in [6, 6.07) is 5.28.